The highest BCUT2D eigenvalue weighted by Gasteiger charge is 2.54. The second-order valence-electron chi connectivity index (χ2n) is 36.2. The molecule has 2 aliphatic heterocycles. The van der Waals surface area contributed by atoms with Crippen molar-refractivity contribution in [2.75, 3.05) is 0 Å². The van der Waals surface area contributed by atoms with E-state index in [0.717, 1.165) is 168 Å². The summed E-state index contributed by atoms with van der Waals surface area (Å²) in [6.07, 6.45) is 0. The summed E-state index contributed by atoms with van der Waals surface area (Å²) in [4.78, 5) is 33.6. The molecule has 2 spiro atoms. The fraction of sp³-hybridized carbons (Fsp3) is 0.0656. The van der Waals surface area contributed by atoms with Gasteiger partial charge in [0.05, 0.1) is 10.8 Å². The van der Waals surface area contributed by atoms with Crippen molar-refractivity contribution in [3.05, 3.63) is 479 Å². The minimum atomic E-state index is -0.791. The standard InChI is InChI=1S/C122H80N6O2/c1-119(2)94-41-13-11-36-86(94)92-71-85(64-66-96(92)119)115-123-113(78-30-9-6-10-31-78)124-116(127-115)91-40-27-49-104-112(91)93-70-82(63-67-97(93)121(104)98-43-15-19-50-106(98)129-107-51-20-16-44-99(107)121)76-60-58-75(59-61-76)79-32-23-33-80(68-79)81-34-24-35-84(69-81)114-125-117(89-38-25-47-102-110(89)87-37-12-14-42-95(87)120(102,3)4)128-118(126-114)90-39-26-48-103-111(90)88-65-62-83(77-56-54-74(55-57-77)73-28-7-5-8-29-73)72-105(88)122(103)100-45-17-21-52-108(100)130-109-53-22-18-46-101(109)122/h5-72H,1-4H3. The lowest BCUT2D eigenvalue weighted by atomic mass is 9.66. The van der Waals surface area contributed by atoms with Crippen molar-refractivity contribution in [3.63, 3.8) is 0 Å². The maximum absolute atomic E-state index is 6.93. The van der Waals surface area contributed by atoms with E-state index in [1.807, 2.05) is 18.2 Å². The van der Waals surface area contributed by atoms with Gasteiger partial charge in [0.25, 0.3) is 0 Å². The van der Waals surface area contributed by atoms with Crippen LogP contribution in [-0.4, -0.2) is 29.9 Å². The first kappa shape index (κ1) is 75.0. The first-order valence-corrected chi connectivity index (χ1v) is 44.8. The Morgan fingerprint density at radius 1 is 0.154 bits per heavy atom. The zero-order chi connectivity index (χ0) is 86.3. The number of hydrogen-bond donors (Lipinski definition) is 0. The number of ether oxygens (including phenoxy) is 2. The predicted octanol–water partition coefficient (Wildman–Crippen LogP) is 29.9. The molecule has 18 aromatic carbocycles. The number of nitrogens with zero attached hydrogens (tertiary/aromatic N) is 6. The van der Waals surface area contributed by atoms with Gasteiger partial charge in [-0.15, -0.1) is 0 Å². The molecule has 0 radical (unpaired) electrons. The molecule has 2 aromatic heterocycles. The number of fused-ring (bicyclic) bond motifs is 24. The van der Waals surface area contributed by atoms with Gasteiger partial charge in [-0.25, -0.2) is 29.9 Å². The van der Waals surface area contributed by atoms with E-state index in [1.165, 1.54) is 55.6 Å². The lowest BCUT2D eigenvalue weighted by Gasteiger charge is -2.39. The van der Waals surface area contributed by atoms with Crippen molar-refractivity contribution in [2.24, 2.45) is 0 Å². The van der Waals surface area contributed by atoms with Gasteiger partial charge in [0.15, 0.2) is 34.9 Å². The van der Waals surface area contributed by atoms with Gasteiger partial charge in [0.1, 0.15) is 23.0 Å². The Morgan fingerprint density at radius 2 is 0.431 bits per heavy atom. The van der Waals surface area contributed by atoms with E-state index in [0.29, 0.717) is 34.9 Å². The summed E-state index contributed by atoms with van der Waals surface area (Å²) in [5, 5.41) is 0. The van der Waals surface area contributed by atoms with Crippen LogP contribution in [0.4, 0.5) is 0 Å². The van der Waals surface area contributed by atoms with Crippen LogP contribution in [0.1, 0.15) is 94.5 Å². The maximum Gasteiger partial charge on any atom is 0.164 e. The number of benzene rings is 18. The molecule has 8 heteroatoms. The zero-order valence-corrected chi connectivity index (χ0v) is 71.8. The molecular formula is C122H80N6O2. The summed E-state index contributed by atoms with van der Waals surface area (Å²) in [5.41, 5.74) is 37.7. The number of aromatic nitrogens is 6. The third kappa shape index (κ3) is 11.1. The fourth-order valence-corrected chi connectivity index (χ4v) is 22.6. The first-order chi connectivity index (χ1) is 63.9. The molecule has 8 nitrogen and oxygen atoms in total. The van der Waals surface area contributed by atoms with E-state index < -0.39 is 10.8 Å². The molecule has 26 rings (SSSR count). The average molecular weight is 1660 g/mol. The van der Waals surface area contributed by atoms with Crippen LogP contribution in [0.15, 0.2) is 413 Å². The summed E-state index contributed by atoms with van der Waals surface area (Å²) >= 11 is 0. The van der Waals surface area contributed by atoms with Gasteiger partial charge >= 0.3 is 0 Å². The molecule has 0 unspecified atom stereocenters. The molecule has 6 aliphatic rings. The monoisotopic (exact) mass is 1660 g/mol. The number of rotatable bonds is 11. The zero-order valence-electron chi connectivity index (χ0n) is 71.8. The smallest absolute Gasteiger partial charge is 0.164 e. The minimum Gasteiger partial charge on any atom is -0.457 e. The average Bonchev–Trinajstić information content (AvgIpc) is 1.50. The van der Waals surface area contributed by atoms with E-state index in [-0.39, 0.29) is 10.8 Å². The van der Waals surface area contributed by atoms with Crippen LogP contribution in [0, 0.1) is 0 Å². The predicted molar refractivity (Wildman–Crippen MR) is 523 cm³/mol. The van der Waals surface area contributed by atoms with E-state index in [9.17, 15) is 0 Å². The van der Waals surface area contributed by atoms with Gasteiger partial charge in [0.2, 0.25) is 0 Å². The molecule has 0 saturated carbocycles. The van der Waals surface area contributed by atoms with Gasteiger partial charge < -0.3 is 9.47 Å². The van der Waals surface area contributed by atoms with Crippen LogP contribution < -0.4 is 9.47 Å². The van der Waals surface area contributed by atoms with E-state index >= 15 is 0 Å². The van der Waals surface area contributed by atoms with Crippen LogP contribution in [0.2, 0.25) is 0 Å². The van der Waals surface area contributed by atoms with Gasteiger partial charge in [-0.3, -0.25) is 0 Å². The fourth-order valence-electron chi connectivity index (χ4n) is 22.6. The summed E-state index contributed by atoms with van der Waals surface area (Å²) in [5.74, 6) is 6.85. The number of hydrogen-bond acceptors (Lipinski definition) is 8. The van der Waals surface area contributed by atoms with Crippen LogP contribution in [0.5, 0.6) is 23.0 Å². The highest BCUT2D eigenvalue weighted by atomic mass is 16.5. The normalized spacial score (nSPS) is 14.2. The summed E-state index contributed by atoms with van der Waals surface area (Å²) < 4.78 is 13.8. The Morgan fingerprint density at radius 3 is 0.969 bits per heavy atom. The Labute approximate surface area is 754 Å². The van der Waals surface area contributed by atoms with Crippen LogP contribution >= 0.6 is 0 Å². The van der Waals surface area contributed by atoms with E-state index in [1.54, 1.807) is 0 Å². The third-order valence-corrected chi connectivity index (χ3v) is 28.6. The van der Waals surface area contributed by atoms with Gasteiger partial charge in [-0.05, 0) is 199 Å². The summed E-state index contributed by atoms with van der Waals surface area (Å²) in [6.45, 7) is 9.29. The Balaban J connectivity index is 0.591. The molecule has 0 bridgehead atoms. The highest BCUT2D eigenvalue weighted by molar-refractivity contribution is 6.01. The molecule has 0 N–H and O–H groups in total. The van der Waals surface area contributed by atoms with Crippen molar-refractivity contribution < 1.29 is 9.47 Å². The highest BCUT2D eigenvalue weighted by Crippen LogP contribution is 2.67. The largest absolute Gasteiger partial charge is 0.457 e. The van der Waals surface area contributed by atoms with Gasteiger partial charge in [-0.2, -0.15) is 0 Å². The van der Waals surface area contributed by atoms with E-state index in [4.69, 9.17) is 39.4 Å². The van der Waals surface area contributed by atoms with E-state index in [2.05, 4.69) is 422 Å². The lowest BCUT2D eigenvalue weighted by molar-refractivity contribution is 0.436. The van der Waals surface area contributed by atoms with Gasteiger partial charge in [-0.1, -0.05) is 386 Å². The molecule has 0 atom stereocenters. The van der Waals surface area contributed by atoms with Crippen molar-refractivity contribution in [3.8, 4) is 191 Å². The molecular weight excluding hydrogens is 1580 g/mol. The Kier molecular flexibility index (Phi) is 16.5. The van der Waals surface area contributed by atoms with Crippen LogP contribution in [0.3, 0.4) is 0 Å². The molecule has 610 valence electrons. The van der Waals surface area contributed by atoms with Crippen molar-refractivity contribution in [2.45, 2.75) is 49.4 Å². The van der Waals surface area contributed by atoms with Crippen molar-refractivity contribution in [1.82, 2.24) is 29.9 Å². The lowest BCUT2D eigenvalue weighted by Crippen LogP contribution is -2.32. The minimum absolute atomic E-state index is 0.159. The number of para-hydroxylation sites is 4. The second-order valence-corrected chi connectivity index (χ2v) is 36.2. The molecule has 20 aromatic rings. The van der Waals surface area contributed by atoms with Gasteiger partial charge in [0, 0.05) is 66.5 Å². The van der Waals surface area contributed by atoms with Crippen LogP contribution in [0.25, 0.3) is 168 Å². The third-order valence-electron chi connectivity index (χ3n) is 28.6. The molecule has 0 amide bonds. The summed E-state index contributed by atoms with van der Waals surface area (Å²) in [6, 6.07) is 149. The molecule has 130 heavy (non-hydrogen) atoms. The first-order valence-electron chi connectivity index (χ1n) is 44.8. The van der Waals surface area contributed by atoms with Crippen molar-refractivity contribution >= 4 is 0 Å². The molecule has 4 heterocycles. The molecule has 0 fully saturated rings. The Hall–Kier alpha value is -16.4. The maximum atomic E-state index is 6.93. The topological polar surface area (TPSA) is 95.8 Å². The Bertz CT molecular complexity index is 8080. The SMILES string of the molecule is CC1(C)c2ccccc2-c2cc(-c3nc(-c4ccccc4)nc(-c4cccc5c4-c4cc(-c6ccc(-c7cccc(-c8cccc(-c9nc(-c%10cccc%11c%10-c%10ccccc%10C%11(C)C)nc(-c%10cccc%11c%10-c%10ccc(-c%12ccc(-c%13ccccc%13)cc%12)cc%10C%11%10c%11ccccc%11Oc%11ccccc%11%10)n9)c8)c7)cc6)ccc4C54c5ccccc5Oc5ccccc54)n3)ccc21. The molecule has 4 aliphatic carbocycles. The summed E-state index contributed by atoms with van der Waals surface area (Å²) in [7, 11) is 0. The van der Waals surface area contributed by atoms with Crippen LogP contribution in [-0.2, 0) is 21.7 Å². The second kappa shape index (κ2) is 28.5. The van der Waals surface area contributed by atoms with Crippen molar-refractivity contribution in [1.29, 1.82) is 0 Å². The molecule has 0 saturated heterocycles. The quantitative estimate of drug-likeness (QED) is 0.126.